The van der Waals surface area contributed by atoms with E-state index in [-0.39, 0.29) is 5.91 Å². The van der Waals surface area contributed by atoms with Crippen LogP contribution in [0.25, 0.3) is 11.3 Å². The van der Waals surface area contributed by atoms with Crippen molar-refractivity contribution in [2.24, 2.45) is 0 Å². The number of benzene rings is 3. The van der Waals surface area contributed by atoms with Crippen molar-refractivity contribution in [2.45, 2.75) is 26.9 Å². The molecule has 2 heterocycles. The average Bonchev–Trinajstić information content (AvgIpc) is 2.98. The largest absolute Gasteiger partial charge is 0.489 e. The monoisotopic (exact) mass is 516 g/mol. The number of nitrogens with one attached hydrogen (secondary N) is 1. The number of pyridine rings is 1. The lowest BCUT2D eigenvalue weighted by Crippen LogP contribution is -2.12. The summed E-state index contributed by atoms with van der Waals surface area (Å²) in [7, 11) is 0. The first-order chi connectivity index (χ1) is 19.1. The smallest absolute Gasteiger partial charge is 0.255 e. The zero-order valence-corrected chi connectivity index (χ0v) is 21.8. The van der Waals surface area contributed by atoms with Crippen LogP contribution in [-0.2, 0) is 13.0 Å². The molecule has 5 rings (SSSR count). The van der Waals surface area contributed by atoms with Gasteiger partial charge in [0, 0.05) is 36.1 Å². The van der Waals surface area contributed by atoms with E-state index in [0.717, 1.165) is 34.6 Å². The molecule has 0 saturated heterocycles. The van der Waals surface area contributed by atoms with Gasteiger partial charge in [-0.1, -0.05) is 49.4 Å². The minimum absolute atomic E-state index is 0.260. The Balaban J connectivity index is 1.32. The van der Waals surface area contributed by atoms with Crippen molar-refractivity contribution in [3.8, 4) is 28.6 Å². The highest BCUT2D eigenvalue weighted by atomic mass is 16.5. The van der Waals surface area contributed by atoms with E-state index < -0.39 is 0 Å². The average molecular weight is 517 g/mol. The fourth-order valence-electron chi connectivity index (χ4n) is 3.95. The number of aryl methyl sites for hydroxylation is 2. The van der Waals surface area contributed by atoms with Gasteiger partial charge in [-0.15, -0.1) is 0 Å². The predicted molar refractivity (Wildman–Crippen MR) is 151 cm³/mol. The topological polar surface area (TPSA) is 86.2 Å². The summed E-state index contributed by atoms with van der Waals surface area (Å²) in [5.41, 5.74) is 4.51. The number of carbonyl (C=O) groups excluding carboxylic acids is 1. The molecule has 0 saturated carbocycles. The molecular weight excluding hydrogens is 488 g/mol. The standard InChI is InChI=1S/C32H28N4O3/c1-3-30-33-18-16-28(36-30)27-13-8-17-34-32(27)39-29-19-24(15-14-22(29)2)31(37)35-25-11-7-12-26(20-25)38-21-23-9-5-4-6-10-23/h4-20H,3,21H2,1-2H3,(H,35,37). The van der Waals surface area contributed by atoms with Gasteiger partial charge in [-0.2, -0.15) is 0 Å². The number of rotatable bonds is 9. The molecule has 0 spiro atoms. The molecule has 0 atom stereocenters. The van der Waals surface area contributed by atoms with Gasteiger partial charge in [-0.25, -0.2) is 15.0 Å². The van der Waals surface area contributed by atoms with E-state index in [9.17, 15) is 4.79 Å². The van der Waals surface area contributed by atoms with Crippen LogP contribution >= 0.6 is 0 Å². The molecule has 3 aromatic carbocycles. The van der Waals surface area contributed by atoms with Crippen LogP contribution in [0.3, 0.4) is 0 Å². The summed E-state index contributed by atoms with van der Waals surface area (Å²) in [6.45, 7) is 4.38. The van der Waals surface area contributed by atoms with Crippen LogP contribution in [0.15, 0.2) is 103 Å². The van der Waals surface area contributed by atoms with Crippen LogP contribution in [0.2, 0.25) is 0 Å². The van der Waals surface area contributed by atoms with Crippen molar-refractivity contribution >= 4 is 11.6 Å². The molecule has 0 unspecified atom stereocenters. The number of ether oxygens (including phenoxy) is 2. The van der Waals surface area contributed by atoms with Gasteiger partial charge in [-0.3, -0.25) is 4.79 Å². The van der Waals surface area contributed by atoms with E-state index in [2.05, 4.69) is 20.3 Å². The first-order valence-electron chi connectivity index (χ1n) is 12.7. The molecule has 0 aliphatic heterocycles. The van der Waals surface area contributed by atoms with Crippen molar-refractivity contribution in [3.63, 3.8) is 0 Å². The second-order valence-corrected chi connectivity index (χ2v) is 8.91. The first-order valence-corrected chi connectivity index (χ1v) is 12.7. The molecule has 194 valence electrons. The van der Waals surface area contributed by atoms with Crippen LogP contribution in [0.1, 0.15) is 34.2 Å². The van der Waals surface area contributed by atoms with Crippen molar-refractivity contribution in [1.29, 1.82) is 0 Å². The van der Waals surface area contributed by atoms with Crippen molar-refractivity contribution in [3.05, 3.63) is 126 Å². The Morgan fingerprint density at radius 2 is 1.74 bits per heavy atom. The predicted octanol–water partition coefficient (Wildman–Crippen LogP) is 7.03. The molecule has 7 nitrogen and oxygen atoms in total. The number of anilines is 1. The van der Waals surface area contributed by atoms with E-state index in [0.29, 0.717) is 35.2 Å². The summed E-state index contributed by atoms with van der Waals surface area (Å²) in [6, 6.07) is 28.2. The zero-order chi connectivity index (χ0) is 27.0. The van der Waals surface area contributed by atoms with Gasteiger partial charge >= 0.3 is 0 Å². The normalized spacial score (nSPS) is 10.6. The molecule has 0 bridgehead atoms. The SMILES string of the molecule is CCc1nccc(-c2cccnc2Oc2cc(C(=O)Nc3cccc(OCc4ccccc4)c3)ccc2C)n1. The molecule has 0 aliphatic carbocycles. The molecule has 1 amide bonds. The van der Waals surface area contributed by atoms with E-state index in [1.54, 1.807) is 30.6 Å². The number of hydrogen-bond acceptors (Lipinski definition) is 6. The van der Waals surface area contributed by atoms with E-state index in [1.165, 1.54) is 0 Å². The van der Waals surface area contributed by atoms with Crippen LogP contribution in [0, 0.1) is 6.92 Å². The van der Waals surface area contributed by atoms with E-state index >= 15 is 0 Å². The number of nitrogens with zero attached hydrogens (tertiary/aromatic N) is 3. The first kappa shape index (κ1) is 25.6. The summed E-state index contributed by atoms with van der Waals surface area (Å²) in [5, 5.41) is 2.95. The molecule has 7 heteroatoms. The fourth-order valence-corrected chi connectivity index (χ4v) is 3.95. The van der Waals surface area contributed by atoms with Gasteiger partial charge in [0.25, 0.3) is 5.91 Å². The zero-order valence-electron chi connectivity index (χ0n) is 21.8. The van der Waals surface area contributed by atoms with E-state index in [1.807, 2.05) is 86.6 Å². The van der Waals surface area contributed by atoms with Gasteiger partial charge in [0.1, 0.15) is 23.9 Å². The minimum atomic E-state index is -0.260. The molecule has 39 heavy (non-hydrogen) atoms. The lowest BCUT2D eigenvalue weighted by atomic mass is 10.1. The number of aromatic nitrogens is 3. The maximum atomic E-state index is 13.1. The Kier molecular flexibility index (Phi) is 7.88. The third-order valence-electron chi connectivity index (χ3n) is 6.07. The maximum Gasteiger partial charge on any atom is 0.255 e. The summed E-state index contributed by atoms with van der Waals surface area (Å²) >= 11 is 0. The Hall–Kier alpha value is -5.04. The van der Waals surface area contributed by atoms with Crippen LogP contribution < -0.4 is 14.8 Å². The van der Waals surface area contributed by atoms with Gasteiger partial charge < -0.3 is 14.8 Å². The highest BCUT2D eigenvalue weighted by molar-refractivity contribution is 6.04. The second-order valence-electron chi connectivity index (χ2n) is 8.91. The molecule has 1 N–H and O–H groups in total. The summed E-state index contributed by atoms with van der Waals surface area (Å²) < 4.78 is 12.1. The van der Waals surface area contributed by atoms with Crippen LogP contribution in [0.5, 0.6) is 17.4 Å². The molecule has 2 aromatic heterocycles. The Bertz CT molecular complexity index is 1590. The Labute approximate surface area is 227 Å². The van der Waals surface area contributed by atoms with Crippen molar-refractivity contribution in [2.75, 3.05) is 5.32 Å². The Morgan fingerprint density at radius 3 is 2.59 bits per heavy atom. The highest BCUT2D eigenvalue weighted by Gasteiger charge is 2.15. The lowest BCUT2D eigenvalue weighted by molar-refractivity contribution is 0.102. The number of carbonyl (C=O) groups is 1. The van der Waals surface area contributed by atoms with Crippen LogP contribution in [-0.4, -0.2) is 20.9 Å². The molecule has 5 aromatic rings. The van der Waals surface area contributed by atoms with Gasteiger partial charge in [0.05, 0.1) is 11.3 Å². The van der Waals surface area contributed by atoms with Crippen molar-refractivity contribution < 1.29 is 14.3 Å². The summed E-state index contributed by atoms with van der Waals surface area (Å²) in [5.74, 6) is 2.09. The summed E-state index contributed by atoms with van der Waals surface area (Å²) in [4.78, 5) is 26.5. The quantitative estimate of drug-likeness (QED) is 0.226. The third-order valence-corrected chi connectivity index (χ3v) is 6.07. The van der Waals surface area contributed by atoms with Crippen molar-refractivity contribution in [1.82, 2.24) is 15.0 Å². The minimum Gasteiger partial charge on any atom is -0.489 e. The molecular formula is C32H28N4O3. The maximum absolute atomic E-state index is 13.1. The molecule has 0 aliphatic rings. The van der Waals surface area contributed by atoms with Gasteiger partial charge in [-0.05, 0) is 60.5 Å². The van der Waals surface area contributed by atoms with Gasteiger partial charge in [0.2, 0.25) is 5.88 Å². The highest BCUT2D eigenvalue weighted by Crippen LogP contribution is 2.32. The lowest BCUT2D eigenvalue weighted by Gasteiger charge is -2.13. The fraction of sp³-hybridized carbons (Fsp3) is 0.125. The number of hydrogen-bond donors (Lipinski definition) is 1. The van der Waals surface area contributed by atoms with Gasteiger partial charge in [0.15, 0.2) is 0 Å². The van der Waals surface area contributed by atoms with E-state index in [4.69, 9.17) is 9.47 Å². The third kappa shape index (κ3) is 6.45. The molecule has 0 fully saturated rings. The van der Waals surface area contributed by atoms with Crippen LogP contribution in [0.4, 0.5) is 5.69 Å². The second kappa shape index (κ2) is 12.0. The summed E-state index contributed by atoms with van der Waals surface area (Å²) in [6.07, 6.45) is 4.12. The molecule has 0 radical (unpaired) electrons. The number of amides is 1. The Morgan fingerprint density at radius 1 is 0.872 bits per heavy atom.